The minimum absolute atomic E-state index is 0.0374. The summed E-state index contributed by atoms with van der Waals surface area (Å²) in [6, 6.07) is 5.79. The van der Waals surface area contributed by atoms with Crippen molar-refractivity contribution in [2.45, 2.75) is 50.7 Å². The number of carbonyl (C=O) groups excluding carboxylic acids is 1. The molecule has 1 aromatic carbocycles. The predicted octanol–water partition coefficient (Wildman–Crippen LogP) is 3.50. The number of carbonyl (C=O) groups is 1. The van der Waals surface area contributed by atoms with E-state index in [1.807, 2.05) is 6.07 Å². The van der Waals surface area contributed by atoms with Crippen molar-refractivity contribution >= 4 is 45.5 Å². The van der Waals surface area contributed by atoms with Crippen LogP contribution in [0.5, 0.6) is 5.75 Å². The van der Waals surface area contributed by atoms with Crippen molar-refractivity contribution in [2.24, 2.45) is 16.0 Å². The molecule has 0 bridgehead atoms. The number of nitrogens with zero attached hydrogens (tertiary/aromatic N) is 3. The van der Waals surface area contributed by atoms with E-state index < -0.39 is 10.0 Å². The van der Waals surface area contributed by atoms with Crippen molar-refractivity contribution in [2.75, 3.05) is 20.1 Å². The van der Waals surface area contributed by atoms with Crippen LogP contribution in [0.2, 0.25) is 10.0 Å². The topological polar surface area (TPSA) is 102 Å². The molecule has 0 aromatic heterocycles. The smallest absolute Gasteiger partial charge is 0.327 e. The highest BCUT2D eigenvalue weighted by molar-refractivity contribution is 7.93. The average Bonchev–Trinajstić information content (AvgIpc) is 3.20. The average molecular weight is 516 g/mol. The van der Waals surface area contributed by atoms with Gasteiger partial charge in [0.15, 0.2) is 0 Å². The molecule has 1 amide bonds. The lowest BCUT2D eigenvalue weighted by atomic mass is 9.83. The number of halogens is 2. The van der Waals surface area contributed by atoms with Crippen LogP contribution < -0.4 is 9.88 Å². The van der Waals surface area contributed by atoms with E-state index in [1.165, 1.54) is 12.5 Å². The number of piperidine rings is 1. The van der Waals surface area contributed by atoms with Crippen molar-refractivity contribution < 1.29 is 22.4 Å². The van der Waals surface area contributed by atoms with Gasteiger partial charge in [-0.1, -0.05) is 23.2 Å². The highest BCUT2D eigenvalue weighted by Gasteiger charge is 2.42. The van der Waals surface area contributed by atoms with Crippen molar-refractivity contribution in [1.29, 1.82) is 0 Å². The first-order valence-electron chi connectivity index (χ1n) is 11.1. The van der Waals surface area contributed by atoms with Gasteiger partial charge in [0.25, 0.3) is 10.0 Å². The summed E-state index contributed by atoms with van der Waals surface area (Å²) in [5.41, 5.74) is 0. The largest absolute Gasteiger partial charge is 0.490 e. The van der Waals surface area contributed by atoms with Gasteiger partial charge in [0, 0.05) is 25.2 Å². The molecular formula is C22H29Cl2N4O4S+. The fourth-order valence-corrected chi connectivity index (χ4v) is 5.77. The van der Waals surface area contributed by atoms with Crippen LogP contribution in [0.15, 0.2) is 34.4 Å². The Morgan fingerprint density at radius 1 is 1.12 bits per heavy atom. The van der Waals surface area contributed by atoms with E-state index in [0.29, 0.717) is 16.1 Å². The summed E-state index contributed by atoms with van der Waals surface area (Å²) >= 11 is 12.1. The summed E-state index contributed by atoms with van der Waals surface area (Å²) < 4.78 is 28.9. The first kappa shape index (κ1) is 24.6. The van der Waals surface area contributed by atoms with Crippen LogP contribution in [0.1, 0.15) is 38.5 Å². The van der Waals surface area contributed by atoms with Gasteiger partial charge in [-0.25, -0.2) is 18.4 Å². The Morgan fingerprint density at radius 3 is 2.36 bits per heavy atom. The molecule has 1 aliphatic carbocycles. The van der Waals surface area contributed by atoms with Crippen LogP contribution in [-0.2, 0) is 14.8 Å². The Balaban J connectivity index is 1.26. The van der Waals surface area contributed by atoms with Gasteiger partial charge in [0.1, 0.15) is 18.1 Å². The highest BCUT2D eigenvalue weighted by atomic mass is 35.5. The summed E-state index contributed by atoms with van der Waals surface area (Å²) in [4.78, 5) is 19.4. The summed E-state index contributed by atoms with van der Waals surface area (Å²) in [5.74, 6) is 0.581. The molecule has 8 nitrogen and oxygen atoms in total. The third-order valence-electron chi connectivity index (χ3n) is 6.80. The van der Waals surface area contributed by atoms with Gasteiger partial charge >= 0.3 is 5.91 Å². The Morgan fingerprint density at radius 2 is 1.79 bits per heavy atom. The third kappa shape index (κ3) is 5.61. The van der Waals surface area contributed by atoms with Gasteiger partial charge in [-0.05, 0) is 50.7 Å². The second-order valence-electron chi connectivity index (χ2n) is 9.18. The summed E-state index contributed by atoms with van der Waals surface area (Å²) in [5, 5.41) is 5.90. The van der Waals surface area contributed by atoms with Gasteiger partial charge in [-0.2, -0.15) is 9.48 Å². The molecule has 2 N–H and O–H groups in total. The lowest BCUT2D eigenvalue weighted by molar-refractivity contribution is -0.676. The molecule has 2 fully saturated rings. The Bertz CT molecular complexity index is 1080. The SMILES string of the molecule is C[N+]1(C(=O)C2CCC(N3CCC(Oc4ccc(Cl)c(Cl)c4)CC3)CC2)C=NC(S(N)(=O)=O)=C1. The first-order valence-corrected chi connectivity index (χ1v) is 13.4. The number of benzene rings is 1. The van der Waals surface area contributed by atoms with Gasteiger partial charge < -0.3 is 9.64 Å². The molecule has 2 heterocycles. The third-order valence-corrected chi connectivity index (χ3v) is 8.34. The molecule has 4 rings (SSSR count). The fraction of sp³-hybridized carbons (Fsp3) is 0.545. The van der Waals surface area contributed by atoms with Gasteiger partial charge in [0.05, 0.1) is 23.0 Å². The monoisotopic (exact) mass is 515 g/mol. The highest BCUT2D eigenvalue weighted by Crippen LogP contribution is 2.34. The molecule has 180 valence electrons. The van der Waals surface area contributed by atoms with Crippen LogP contribution in [0.4, 0.5) is 0 Å². The fourth-order valence-electron chi connectivity index (χ4n) is 4.92. The number of likely N-dealkylation sites (tertiary alicyclic amines) is 1. The molecule has 3 aliphatic rings. The zero-order valence-electron chi connectivity index (χ0n) is 18.5. The standard InChI is InChI=1S/C22H29Cl2N4O4S/c1-28(13-21(26-14-28)33(25,30)31)22(29)15-2-4-16(5-3-15)27-10-8-17(9-11-27)32-18-6-7-19(23)20(24)12-18/h6-7,12-17H,2-5,8-11H2,1H3,(H2,25,30,31)/q+1. The molecule has 33 heavy (non-hydrogen) atoms. The summed E-state index contributed by atoms with van der Waals surface area (Å²) in [6.07, 6.45) is 8.14. The van der Waals surface area contributed by atoms with Crippen molar-refractivity contribution in [3.8, 4) is 5.75 Å². The zero-order chi connectivity index (χ0) is 23.8. The number of nitrogens with two attached hydrogens (primary N) is 1. The second-order valence-corrected chi connectivity index (χ2v) is 11.5. The molecule has 2 aliphatic heterocycles. The van der Waals surface area contributed by atoms with E-state index in [1.54, 1.807) is 19.2 Å². The van der Waals surface area contributed by atoms with E-state index in [9.17, 15) is 13.2 Å². The number of quaternary nitrogens is 1. The number of ether oxygens (including phenoxy) is 1. The van der Waals surface area contributed by atoms with E-state index in [2.05, 4.69) is 9.89 Å². The minimum atomic E-state index is -3.92. The number of aliphatic imine (C=N–C) groups is 1. The minimum Gasteiger partial charge on any atom is -0.490 e. The Hall–Kier alpha value is -1.49. The molecule has 11 heteroatoms. The predicted molar refractivity (Wildman–Crippen MR) is 128 cm³/mol. The molecule has 0 radical (unpaired) electrons. The van der Waals surface area contributed by atoms with E-state index in [4.69, 9.17) is 33.1 Å². The maximum atomic E-state index is 13.1. The van der Waals surface area contributed by atoms with Gasteiger partial charge in [0.2, 0.25) is 11.4 Å². The molecule has 1 saturated carbocycles. The van der Waals surface area contributed by atoms with Crippen LogP contribution >= 0.6 is 23.2 Å². The molecule has 1 saturated heterocycles. The molecule has 1 atom stereocenters. The number of hydrogen-bond donors (Lipinski definition) is 1. The molecule has 1 aromatic rings. The lowest BCUT2D eigenvalue weighted by Gasteiger charge is -2.40. The van der Waals surface area contributed by atoms with Gasteiger partial charge in [-0.15, -0.1) is 0 Å². The van der Waals surface area contributed by atoms with E-state index in [0.717, 1.165) is 57.4 Å². The number of rotatable bonds is 5. The van der Waals surface area contributed by atoms with Crippen molar-refractivity contribution in [1.82, 2.24) is 4.90 Å². The molecule has 0 spiro atoms. The van der Waals surface area contributed by atoms with Crippen LogP contribution in [-0.4, -0.2) is 62.3 Å². The normalized spacial score (nSPS) is 29.2. The maximum absolute atomic E-state index is 13.1. The molecular weight excluding hydrogens is 487 g/mol. The summed E-state index contributed by atoms with van der Waals surface area (Å²) in [6.45, 7) is 1.91. The number of hydrogen-bond acceptors (Lipinski definition) is 6. The van der Waals surface area contributed by atoms with E-state index >= 15 is 0 Å². The van der Waals surface area contributed by atoms with Crippen LogP contribution in [0.25, 0.3) is 0 Å². The number of sulfonamides is 1. The lowest BCUT2D eigenvalue weighted by Crippen LogP contribution is -2.49. The van der Waals surface area contributed by atoms with Gasteiger partial charge in [-0.3, -0.25) is 0 Å². The van der Waals surface area contributed by atoms with Crippen molar-refractivity contribution in [3.63, 3.8) is 0 Å². The number of amides is 1. The van der Waals surface area contributed by atoms with Crippen LogP contribution in [0, 0.1) is 5.92 Å². The molecule has 1 unspecified atom stereocenters. The second kappa shape index (κ2) is 9.64. The summed E-state index contributed by atoms with van der Waals surface area (Å²) in [7, 11) is -2.28. The quantitative estimate of drug-likeness (QED) is 0.604. The maximum Gasteiger partial charge on any atom is 0.327 e. The van der Waals surface area contributed by atoms with Crippen LogP contribution in [0.3, 0.4) is 0 Å². The first-order chi connectivity index (χ1) is 15.5. The Kier molecular flexibility index (Phi) is 7.19. The zero-order valence-corrected chi connectivity index (χ0v) is 20.8. The number of primary sulfonamides is 1. The Labute approximate surface area is 204 Å². The van der Waals surface area contributed by atoms with Crippen molar-refractivity contribution in [3.05, 3.63) is 39.5 Å². The van der Waals surface area contributed by atoms with E-state index in [-0.39, 0.29) is 27.4 Å².